The van der Waals surface area contributed by atoms with E-state index in [0.717, 1.165) is 31.5 Å². The fourth-order valence-corrected chi connectivity index (χ4v) is 3.59. The molecule has 8 nitrogen and oxygen atoms in total. The second-order valence-electron chi connectivity index (χ2n) is 8.01. The summed E-state index contributed by atoms with van der Waals surface area (Å²) in [6.07, 6.45) is -2.52. The van der Waals surface area contributed by atoms with E-state index in [2.05, 4.69) is 16.9 Å². The molecule has 1 aromatic heterocycles. The number of carbonyl (C=O) groups is 3. The Morgan fingerprint density at radius 1 is 0.971 bits per heavy atom. The van der Waals surface area contributed by atoms with E-state index in [-0.39, 0.29) is 5.91 Å². The number of amides is 1. The predicted octanol–water partition coefficient (Wildman–Crippen LogP) is 2.83. The zero-order valence-corrected chi connectivity index (χ0v) is 18.2. The molecule has 0 unspecified atom stereocenters. The number of aromatic nitrogens is 1. The van der Waals surface area contributed by atoms with Crippen LogP contribution in [0.4, 0.5) is 26.3 Å². The van der Waals surface area contributed by atoms with Gasteiger partial charge in [0.15, 0.2) is 0 Å². The summed E-state index contributed by atoms with van der Waals surface area (Å²) in [6, 6.07) is 3.87. The van der Waals surface area contributed by atoms with Crippen LogP contribution >= 0.6 is 0 Å². The fourth-order valence-electron chi connectivity index (χ4n) is 3.59. The molecule has 14 heteroatoms. The summed E-state index contributed by atoms with van der Waals surface area (Å²) in [5.41, 5.74) is 1.50. The van der Waals surface area contributed by atoms with Crippen LogP contribution in [0, 0.1) is 5.41 Å². The van der Waals surface area contributed by atoms with E-state index >= 15 is 0 Å². The lowest BCUT2D eigenvalue weighted by Crippen LogP contribution is -2.44. The van der Waals surface area contributed by atoms with Crippen LogP contribution in [-0.2, 0) is 20.8 Å². The lowest BCUT2D eigenvalue weighted by atomic mass is 9.77. The number of piperidine rings is 1. The Kier molecular flexibility index (Phi) is 10.3. The maximum atomic E-state index is 12.3. The van der Waals surface area contributed by atoms with Crippen molar-refractivity contribution in [3.63, 3.8) is 0 Å². The maximum Gasteiger partial charge on any atom is 0.490 e. The highest BCUT2D eigenvalue weighted by Gasteiger charge is 2.40. The monoisotopic (exact) mass is 501 g/mol. The molecule has 2 saturated heterocycles. The van der Waals surface area contributed by atoms with Gasteiger partial charge in [0.25, 0.3) is 0 Å². The third-order valence-electron chi connectivity index (χ3n) is 5.37. The minimum atomic E-state index is -5.08. The fraction of sp³-hybridized carbons (Fsp3) is 0.600. The van der Waals surface area contributed by atoms with Crippen LogP contribution < -0.4 is 0 Å². The Bertz CT molecular complexity index is 800. The molecule has 2 fully saturated rings. The highest BCUT2D eigenvalue weighted by atomic mass is 19.4. The lowest BCUT2D eigenvalue weighted by molar-refractivity contribution is -0.193. The molecule has 2 N–H and O–H groups in total. The molecule has 1 aromatic rings. The molecule has 0 bridgehead atoms. The number of likely N-dealkylation sites (tertiary alicyclic amines) is 2. The topological polar surface area (TPSA) is 111 Å². The molecule has 1 spiro atoms. The van der Waals surface area contributed by atoms with Gasteiger partial charge < -0.3 is 20.0 Å². The molecule has 3 rings (SSSR count). The van der Waals surface area contributed by atoms with Gasteiger partial charge in [0.2, 0.25) is 5.91 Å². The number of pyridine rings is 1. The van der Waals surface area contributed by atoms with Gasteiger partial charge in [-0.2, -0.15) is 26.3 Å². The molecule has 0 saturated carbocycles. The molecule has 0 aromatic carbocycles. The van der Waals surface area contributed by atoms with Gasteiger partial charge >= 0.3 is 24.3 Å². The van der Waals surface area contributed by atoms with Gasteiger partial charge in [0.05, 0.1) is 6.42 Å². The number of hydrogen-bond acceptors (Lipinski definition) is 5. The van der Waals surface area contributed by atoms with Crippen molar-refractivity contribution in [2.75, 3.05) is 33.2 Å². The zero-order chi connectivity index (χ0) is 26.2. The largest absolute Gasteiger partial charge is 0.490 e. The Balaban J connectivity index is 0.000000343. The minimum Gasteiger partial charge on any atom is -0.475 e. The van der Waals surface area contributed by atoms with E-state index in [1.165, 1.54) is 19.5 Å². The van der Waals surface area contributed by atoms with Crippen molar-refractivity contribution in [1.29, 1.82) is 0 Å². The summed E-state index contributed by atoms with van der Waals surface area (Å²) < 4.78 is 63.5. The Hall–Kier alpha value is -2.90. The predicted molar refractivity (Wildman–Crippen MR) is 106 cm³/mol. The van der Waals surface area contributed by atoms with Crippen molar-refractivity contribution < 1.29 is 50.9 Å². The average molecular weight is 501 g/mol. The quantitative estimate of drug-likeness (QED) is 0.600. The first-order valence-electron chi connectivity index (χ1n) is 10.0. The number of nitrogens with zero attached hydrogens (tertiary/aromatic N) is 3. The zero-order valence-electron chi connectivity index (χ0n) is 18.2. The highest BCUT2D eigenvalue weighted by molar-refractivity contribution is 5.78. The number of alkyl halides is 6. The number of carboxylic acids is 2. The van der Waals surface area contributed by atoms with Crippen LogP contribution in [0.5, 0.6) is 0 Å². The first-order valence-corrected chi connectivity index (χ1v) is 10.0. The molecule has 2 aliphatic heterocycles. The molecule has 192 valence electrons. The third-order valence-corrected chi connectivity index (χ3v) is 5.37. The lowest BCUT2D eigenvalue weighted by Gasteiger charge is -2.39. The van der Waals surface area contributed by atoms with Crippen LogP contribution in [-0.4, -0.2) is 88.4 Å². The van der Waals surface area contributed by atoms with E-state index in [1.54, 1.807) is 12.4 Å². The summed E-state index contributed by atoms with van der Waals surface area (Å²) in [5, 5.41) is 14.2. The van der Waals surface area contributed by atoms with E-state index in [1.807, 2.05) is 17.0 Å². The van der Waals surface area contributed by atoms with Crippen LogP contribution in [0.15, 0.2) is 24.5 Å². The van der Waals surface area contributed by atoms with Gasteiger partial charge in [-0.15, -0.1) is 0 Å². The standard InChI is InChI=1S/C16H23N3O.2C2HF3O2/c1-18-8-4-16(13-18)5-9-19(10-6-16)15(20)11-14-3-2-7-17-12-14;2*3-2(4,5)1(6)7/h2-3,7,12H,4-6,8-11,13H2,1H3;2*(H,6,7). The summed E-state index contributed by atoms with van der Waals surface area (Å²) in [7, 11) is 2.20. The molecule has 0 aliphatic carbocycles. The molecule has 2 aliphatic rings. The first-order chi connectivity index (χ1) is 15.6. The van der Waals surface area contributed by atoms with E-state index < -0.39 is 24.3 Å². The van der Waals surface area contributed by atoms with Crippen molar-refractivity contribution in [3.05, 3.63) is 30.1 Å². The number of rotatable bonds is 2. The van der Waals surface area contributed by atoms with Crippen molar-refractivity contribution in [2.45, 2.75) is 38.0 Å². The smallest absolute Gasteiger partial charge is 0.475 e. The van der Waals surface area contributed by atoms with Crippen molar-refractivity contribution in [2.24, 2.45) is 5.41 Å². The van der Waals surface area contributed by atoms with Gasteiger partial charge in [-0.05, 0) is 49.9 Å². The number of hydrogen-bond donors (Lipinski definition) is 2. The minimum absolute atomic E-state index is 0.249. The molecule has 0 atom stereocenters. The van der Waals surface area contributed by atoms with Crippen molar-refractivity contribution in [1.82, 2.24) is 14.8 Å². The van der Waals surface area contributed by atoms with Crippen LogP contribution in [0.3, 0.4) is 0 Å². The molecule has 34 heavy (non-hydrogen) atoms. The average Bonchev–Trinajstić information content (AvgIpc) is 3.08. The highest BCUT2D eigenvalue weighted by Crippen LogP contribution is 2.39. The van der Waals surface area contributed by atoms with Crippen LogP contribution in [0.25, 0.3) is 0 Å². The summed E-state index contributed by atoms with van der Waals surface area (Å²) >= 11 is 0. The van der Waals surface area contributed by atoms with Gasteiger partial charge in [-0.1, -0.05) is 6.07 Å². The second-order valence-corrected chi connectivity index (χ2v) is 8.01. The van der Waals surface area contributed by atoms with E-state index in [0.29, 0.717) is 11.8 Å². The normalized spacial score (nSPS) is 17.8. The summed E-state index contributed by atoms with van der Waals surface area (Å²) in [6.45, 7) is 4.27. The van der Waals surface area contributed by atoms with Crippen molar-refractivity contribution >= 4 is 17.8 Å². The van der Waals surface area contributed by atoms with Crippen molar-refractivity contribution in [3.8, 4) is 0 Å². The van der Waals surface area contributed by atoms with E-state index in [4.69, 9.17) is 19.8 Å². The first kappa shape index (κ1) is 29.1. The second kappa shape index (κ2) is 12.0. The van der Waals surface area contributed by atoms with Crippen LogP contribution in [0.1, 0.15) is 24.8 Å². The summed E-state index contributed by atoms with van der Waals surface area (Å²) in [5.74, 6) is -5.26. The number of carbonyl (C=O) groups excluding carboxylic acids is 1. The van der Waals surface area contributed by atoms with Gasteiger partial charge in [-0.3, -0.25) is 9.78 Å². The Morgan fingerprint density at radius 3 is 1.79 bits per heavy atom. The molecule has 0 radical (unpaired) electrons. The maximum absolute atomic E-state index is 12.3. The van der Waals surface area contributed by atoms with E-state index in [9.17, 15) is 31.1 Å². The Labute approximate surface area is 191 Å². The van der Waals surface area contributed by atoms with Crippen LogP contribution in [0.2, 0.25) is 0 Å². The third kappa shape index (κ3) is 9.93. The molecular weight excluding hydrogens is 476 g/mol. The number of carboxylic acid groups (broad SMARTS) is 2. The number of halogens is 6. The van der Waals surface area contributed by atoms with Gasteiger partial charge in [-0.25, -0.2) is 9.59 Å². The summed E-state index contributed by atoms with van der Waals surface area (Å²) in [4.78, 5) is 38.6. The van der Waals surface area contributed by atoms with Gasteiger partial charge in [0.1, 0.15) is 0 Å². The SMILES string of the molecule is CN1CCC2(CCN(C(=O)Cc3cccnc3)CC2)C1.O=C(O)C(F)(F)F.O=C(O)C(F)(F)F. The number of aliphatic carboxylic acids is 2. The van der Waals surface area contributed by atoms with Gasteiger partial charge in [0, 0.05) is 32.0 Å². The molecule has 3 heterocycles. The Morgan fingerprint density at radius 2 is 1.44 bits per heavy atom. The molecular formula is C20H25F6N3O5. The molecule has 1 amide bonds.